The molecule has 0 aromatic heterocycles. The van der Waals surface area contributed by atoms with Crippen molar-refractivity contribution in [3.8, 4) is 17.2 Å². The summed E-state index contributed by atoms with van der Waals surface area (Å²) in [5.74, 6) is 0.0825. The zero-order valence-corrected chi connectivity index (χ0v) is 30.3. The Hall–Kier alpha value is -4.00. The Morgan fingerprint density at radius 1 is 0.646 bits per heavy atom. The van der Waals surface area contributed by atoms with Crippen molar-refractivity contribution in [2.24, 2.45) is 33.5 Å². The maximum absolute atomic E-state index is 14.4. The topological polar surface area (TPSA) is 96.0 Å². The van der Waals surface area contributed by atoms with Gasteiger partial charge >= 0.3 is 0 Å². The van der Waals surface area contributed by atoms with E-state index in [-0.39, 0.29) is 41.6 Å². The fraction of sp³-hybridized carbons (Fsp3) is 0.512. The maximum atomic E-state index is 14.4. The second-order valence-corrected chi connectivity index (χ2v) is 16.8. The number of benzene rings is 2. The van der Waals surface area contributed by atoms with Gasteiger partial charge in [0.15, 0.2) is 23.1 Å². The number of allylic oxidation sites excluding steroid dienone is 4. The zero-order valence-electron chi connectivity index (χ0n) is 30.3. The van der Waals surface area contributed by atoms with Gasteiger partial charge in [0.1, 0.15) is 35.4 Å². The molecule has 0 amide bonds. The molecule has 0 radical (unpaired) electrons. The van der Waals surface area contributed by atoms with Crippen LogP contribution in [-0.4, -0.2) is 23.1 Å². The second kappa shape index (κ2) is 10.8. The molecular formula is C41H48O7. The highest BCUT2D eigenvalue weighted by Crippen LogP contribution is 2.63. The molecule has 7 nitrogen and oxygen atoms in total. The summed E-state index contributed by atoms with van der Waals surface area (Å²) in [5.41, 5.74) is -1.33. The van der Waals surface area contributed by atoms with Gasteiger partial charge in [-0.25, -0.2) is 0 Å². The van der Waals surface area contributed by atoms with E-state index in [0.29, 0.717) is 51.0 Å². The molecular weight excluding hydrogens is 604 g/mol. The second-order valence-electron chi connectivity index (χ2n) is 16.8. The SMILES string of the molecule is CC(C)[C@@H]1C2=C(Oc3c1c(OCc1ccccc1)cc1c3[C@@H](C(C)C)C3=C(O1)C(C)(C)C(=O)C(C)(C)C3=O)C(C)(C)C(=O)C(C)(C)C2=O. The van der Waals surface area contributed by atoms with Crippen molar-refractivity contribution in [3.63, 3.8) is 0 Å². The number of fused-ring (bicyclic) bond motifs is 3. The quantitative estimate of drug-likeness (QED) is 0.299. The Bertz CT molecular complexity index is 1850. The molecule has 2 aliphatic heterocycles. The lowest BCUT2D eigenvalue weighted by atomic mass is 9.58. The number of ether oxygens (including phenoxy) is 3. The number of Topliss-reactive ketones (excluding diaryl/α,β-unsaturated/α-hetero) is 4. The number of ketones is 4. The Morgan fingerprint density at radius 2 is 1.10 bits per heavy atom. The smallest absolute Gasteiger partial charge is 0.175 e. The Kier molecular flexibility index (Phi) is 7.59. The van der Waals surface area contributed by atoms with E-state index in [9.17, 15) is 19.2 Å². The van der Waals surface area contributed by atoms with Crippen LogP contribution in [0.3, 0.4) is 0 Å². The summed E-state index contributed by atoms with van der Waals surface area (Å²) in [4.78, 5) is 56.4. The summed E-state index contributed by atoms with van der Waals surface area (Å²) in [6.07, 6.45) is 0. The fourth-order valence-corrected chi connectivity index (χ4v) is 8.57. The first kappa shape index (κ1) is 33.9. The van der Waals surface area contributed by atoms with Gasteiger partial charge < -0.3 is 14.2 Å². The van der Waals surface area contributed by atoms with Gasteiger partial charge in [-0.2, -0.15) is 0 Å². The van der Waals surface area contributed by atoms with Crippen molar-refractivity contribution >= 4 is 23.1 Å². The molecule has 2 atom stereocenters. The van der Waals surface area contributed by atoms with Crippen LogP contribution in [0.4, 0.5) is 0 Å². The summed E-state index contributed by atoms with van der Waals surface area (Å²) in [6, 6.07) is 11.7. The van der Waals surface area contributed by atoms with Gasteiger partial charge in [0.25, 0.3) is 0 Å². The van der Waals surface area contributed by atoms with Gasteiger partial charge in [-0.15, -0.1) is 0 Å². The van der Waals surface area contributed by atoms with E-state index in [0.717, 1.165) is 5.56 Å². The van der Waals surface area contributed by atoms with E-state index in [4.69, 9.17) is 14.2 Å². The Labute approximate surface area is 284 Å². The van der Waals surface area contributed by atoms with Crippen LogP contribution in [0.2, 0.25) is 0 Å². The molecule has 0 unspecified atom stereocenters. The highest BCUT2D eigenvalue weighted by Gasteiger charge is 2.60. The molecule has 0 bridgehead atoms. The zero-order chi connectivity index (χ0) is 35.5. The third kappa shape index (κ3) is 4.52. The highest BCUT2D eigenvalue weighted by molar-refractivity contribution is 6.21. The van der Waals surface area contributed by atoms with Gasteiger partial charge in [-0.1, -0.05) is 58.0 Å². The van der Waals surface area contributed by atoms with Gasteiger partial charge in [-0.05, 0) is 72.8 Å². The predicted molar refractivity (Wildman–Crippen MR) is 183 cm³/mol. The molecule has 4 aliphatic rings. The van der Waals surface area contributed by atoms with Crippen LogP contribution in [-0.2, 0) is 25.8 Å². The van der Waals surface area contributed by atoms with Crippen LogP contribution < -0.4 is 14.2 Å². The van der Waals surface area contributed by atoms with Crippen molar-refractivity contribution in [1.82, 2.24) is 0 Å². The average molecular weight is 653 g/mol. The van der Waals surface area contributed by atoms with E-state index in [1.165, 1.54) is 0 Å². The number of rotatable bonds is 5. The largest absolute Gasteiger partial charge is 0.488 e. The molecule has 0 saturated carbocycles. The third-order valence-electron chi connectivity index (χ3n) is 11.0. The minimum atomic E-state index is -1.25. The van der Waals surface area contributed by atoms with Crippen LogP contribution in [0.5, 0.6) is 17.2 Å². The Balaban J connectivity index is 1.68. The normalized spacial score (nSPS) is 24.9. The van der Waals surface area contributed by atoms with Crippen molar-refractivity contribution in [2.45, 2.75) is 102 Å². The van der Waals surface area contributed by atoms with Crippen LogP contribution >= 0.6 is 0 Å². The molecule has 7 heteroatoms. The molecule has 2 aromatic rings. The van der Waals surface area contributed by atoms with Gasteiger partial charge in [0.2, 0.25) is 0 Å². The molecule has 2 aliphatic carbocycles. The molecule has 2 heterocycles. The standard InChI is InChI=1S/C41H48O7/c1-20(2)25-27-23(46-19-22-16-14-13-15-17-22)18-24-28(31(27)48-35-30(25)33(43)39(7,8)37(45)41(35,11)12)26(21(3)4)29-32(42)38(5,6)36(44)40(9,10)34(29)47-24/h13-18,20-21,25-26H,19H2,1-12H3/t25-,26+/m0/s1. The number of carbonyl (C=O) groups is 4. The van der Waals surface area contributed by atoms with E-state index in [2.05, 4.69) is 13.8 Å². The van der Waals surface area contributed by atoms with Crippen LogP contribution in [0, 0.1) is 33.5 Å². The fourth-order valence-electron chi connectivity index (χ4n) is 8.57. The summed E-state index contributed by atoms with van der Waals surface area (Å²) < 4.78 is 20.3. The molecule has 48 heavy (non-hydrogen) atoms. The summed E-state index contributed by atoms with van der Waals surface area (Å²) in [6.45, 7) is 22.5. The lowest BCUT2D eigenvalue weighted by Crippen LogP contribution is -2.53. The summed E-state index contributed by atoms with van der Waals surface area (Å²) in [7, 11) is 0. The third-order valence-corrected chi connectivity index (χ3v) is 11.0. The average Bonchev–Trinajstić information content (AvgIpc) is 3.02. The van der Waals surface area contributed by atoms with Crippen LogP contribution in [0.25, 0.3) is 0 Å². The van der Waals surface area contributed by atoms with Gasteiger partial charge in [0.05, 0.1) is 21.7 Å². The van der Waals surface area contributed by atoms with Gasteiger partial charge in [-0.3, -0.25) is 19.2 Å². The van der Waals surface area contributed by atoms with Crippen molar-refractivity contribution < 1.29 is 33.4 Å². The summed E-state index contributed by atoms with van der Waals surface area (Å²) >= 11 is 0. The van der Waals surface area contributed by atoms with Crippen molar-refractivity contribution in [3.05, 3.63) is 75.8 Å². The lowest BCUT2D eigenvalue weighted by molar-refractivity contribution is -0.146. The molecule has 0 spiro atoms. The van der Waals surface area contributed by atoms with E-state index in [1.807, 2.05) is 77.9 Å². The van der Waals surface area contributed by atoms with E-state index >= 15 is 0 Å². The van der Waals surface area contributed by atoms with Crippen molar-refractivity contribution in [2.75, 3.05) is 0 Å². The minimum absolute atomic E-state index is 0.0814. The number of hydrogen-bond donors (Lipinski definition) is 0. The molecule has 0 saturated heterocycles. The van der Waals surface area contributed by atoms with Gasteiger partial charge in [0, 0.05) is 40.2 Å². The molecule has 2 aromatic carbocycles. The monoisotopic (exact) mass is 652 g/mol. The van der Waals surface area contributed by atoms with E-state index < -0.39 is 33.5 Å². The van der Waals surface area contributed by atoms with Crippen LogP contribution in [0.15, 0.2) is 59.1 Å². The first-order valence-corrected chi connectivity index (χ1v) is 17.1. The van der Waals surface area contributed by atoms with Crippen molar-refractivity contribution in [1.29, 1.82) is 0 Å². The lowest BCUT2D eigenvalue weighted by Gasteiger charge is -2.48. The number of hydrogen-bond acceptors (Lipinski definition) is 7. The highest BCUT2D eigenvalue weighted by atomic mass is 16.5. The molecule has 254 valence electrons. The first-order chi connectivity index (χ1) is 22.2. The Morgan fingerprint density at radius 3 is 1.58 bits per heavy atom. The number of carbonyl (C=O) groups excluding carboxylic acids is 4. The first-order valence-electron chi connectivity index (χ1n) is 17.1. The maximum Gasteiger partial charge on any atom is 0.175 e. The summed E-state index contributed by atoms with van der Waals surface area (Å²) in [5, 5.41) is 0. The van der Waals surface area contributed by atoms with E-state index in [1.54, 1.807) is 27.7 Å². The molecule has 6 rings (SSSR count). The minimum Gasteiger partial charge on any atom is -0.488 e. The molecule has 0 N–H and O–H groups in total. The molecule has 0 fully saturated rings. The predicted octanol–water partition coefficient (Wildman–Crippen LogP) is 8.45. The van der Waals surface area contributed by atoms with Crippen LogP contribution in [0.1, 0.15) is 112 Å².